The van der Waals surface area contributed by atoms with Crippen LogP contribution in [0.25, 0.3) is 5.69 Å². The van der Waals surface area contributed by atoms with Crippen LogP contribution in [0.15, 0.2) is 35.3 Å². The number of piperidine rings is 1. The largest absolute Gasteiger partial charge is 0.369 e. The number of aliphatic imine (C=N–C) groups is 1. The van der Waals surface area contributed by atoms with Crippen molar-refractivity contribution < 1.29 is 4.79 Å². The summed E-state index contributed by atoms with van der Waals surface area (Å²) in [6.07, 6.45) is 2.94. The molecule has 4 N–H and O–H groups in total. The molecule has 0 aliphatic carbocycles. The first-order valence-electron chi connectivity index (χ1n) is 11.1. The second kappa shape index (κ2) is 12.8. The normalized spacial score (nSPS) is 17.0. The number of halogens is 1. The summed E-state index contributed by atoms with van der Waals surface area (Å²) in [4.78, 5) is 18.1. The van der Waals surface area contributed by atoms with Crippen molar-refractivity contribution in [3.63, 3.8) is 0 Å². The van der Waals surface area contributed by atoms with Crippen molar-refractivity contribution in [2.75, 3.05) is 33.2 Å². The Kier molecular flexibility index (Phi) is 10.4. The minimum Gasteiger partial charge on any atom is -0.369 e. The van der Waals surface area contributed by atoms with Gasteiger partial charge in [-0.2, -0.15) is 5.10 Å². The van der Waals surface area contributed by atoms with Gasteiger partial charge in [-0.3, -0.25) is 9.79 Å². The second-order valence-corrected chi connectivity index (χ2v) is 8.22. The average molecular weight is 553 g/mol. The van der Waals surface area contributed by atoms with Crippen molar-refractivity contribution in [3.8, 4) is 5.69 Å². The lowest BCUT2D eigenvalue weighted by atomic mass is 9.97. The Labute approximate surface area is 208 Å². The van der Waals surface area contributed by atoms with E-state index in [0.29, 0.717) is 6.54 Å². The molecule has 0 bridgehead atoms. The fourth-order valence-corrected chi connectivity index (χ4v) is 4.14. The van der Waals surface area contributed by atoms with Gasteiger partial charge >= 0.3 is 0 Å². The van der Waals surface area contributed by atoms with Gasteiger partial charge in [-0.25, -0.2) is 4.68 Å². The van der Waals surface area contributed by atoms with Gasteiger partial charge in [0.2, 0.25) is 5.91 Å². The van der Waals surface area contributed by atoms with Gasteiger partial charge in [-0.1, -0.05) is 18.2 Å². The summed E-state index contributed by atoms with van der Waals surface area (Å²) in [5.74, 6) is 0.600. The summed E-state index contributed by atoms with van der Waals surface area (Å²) in [5, 5.41) is 11.4. The van der Waals surface area contributed by atoms with Crippen molar-refractivity contribution in [2.24, 2.45) is 16.6 Å². The Morgan fingerprint density at radius 1 is 1.28 bits per heavy atom. The highest BCUT2D eigenvalue weighted by Gasteiger charge is 2.23. The smallest absolute Gasteiger partial charge is 0.221 e. The zero-order valence-corrected chi connectivity index (χ0v) is 21.6. The molecule has 1 aromatic carbocycles. The van der Waals surface area contributed by atoms with Crippen LogP contribution in [0, 0.1) is 19.8 Å². The Morgan fingerprint density at radius 2 is 2.06 bits per heavy atom. The number of benzene rings is 1. The zero-order valence-electron chi connectivity index (χ0n) is 19.3. The van der Waals surface area contributed by atoms with Crippen LogP contribution < -0.4 is 16.4 Å². The summed E-state index contributed by atoms with van der Waals surface area (Å²) in [5.41, 5.74) is 9.82. The van der Waals surface area contributed by atoms with Crippen LogP contribution >= 0.6 is 24.0 Å². The Balaban J connectivity index is 0.00000363. The minimum atomic E-state index is -0.173. The van der Waals surface area contributed by atoms with Gasteiger partial charge in [0.15, 0.2) is 5.96 Å². The minimum absolute atomic E-state index is 0. The number of nitrogens with two attached hydrogens (primary N) is 1. The molecule has 1 aliphatic heterocycles. The van der Waals surface area contributed by atoms with Crippen LogP contribution in [0.4, 0.5) is 0 Å². The standard InChI is InChI=1S/C23H35N7O.HI/c1-17-14-18(2)30(28-17)21-10-5-4-8-19(21)15-27-23(25-3)26-11-7-13-29-12-6-9-20(16-29)22(24)31;/h4-5,8,10,14,20H,6-7,9,11-13,15-16H2,1-3H3,(H2,24,31)(H2,25,26,27);1H. The summed E-state index contributed by atoms with van der Waals surface area (Å²) in [7, 11) is 1.78. The zero-order chi connectivity index (χ0) is 22.2. The molecule has 3 rings (SSSR count). The number of amides is 1. The van der Waals surface area contributed by atoms with Crippen molar-refractivity contribution >= 4 is 35.8 Å². The van der Waals surface area contributed by atoms with Gasteiger partial charge in [0.05, 0.1) is 17.3 Å². The fraction of sp³-hybridized carbons (Fsp3) is 0.522. The number of carbonyl (C=O) groups is 1. The molecule has 1 unspecified atom stereocenters. The molecule has 1 amide bonds. The lowest BCUT2D eigenvalue weighted by Crippen LogP contribution is -2.42. The van der Waals surface area contributed by atoms with Gasteiger partial charge in [0.25, 0.3) is 0 Å². The van der Waals surface area contributed by atoms with Crippen molar-refractivity contribution in [2.45, 2.75) is 39.7 Å². The number of aryl methyl sites for hydroxylation is 2. The van der Waals surface area contributed by atoms with Crippen molar-refractivity contribution in [1.29, 1.82) is 0 Å². The number of nitrogens with one attached hydrogen (secondary N) is 2. The molecule has 1 atom stereocenters. The van der Waals surface area contributed by atoms with E-state index in [1.165, 1.54) is 0 Å². The van der Waals surface area contributed by atoms with E-state index in [1.807, 2.05) is 23.7 Å². The lowest BCUT2D eigenvalue weighted by molar-refractivity contribution is -0.123. The van der Waals surface area contributed by atoms with E-state index in [9.17, 15) is 4.79 Å². The molecular formula is C23H36IN7O. The van der Waals surface area contributed by atoms with Gasteiger partial charge in [-0.15, -0.1) is 24.0 Å². The van der Waals surface area contributed by atoms with E-state index >= 15 is 0 Å². The number of hydrogen-bond acceptors (Lipinski definition) is 4. The van der Waals surface area contributed by atoms with Crippen LogP contribution in [0.2, 0.25) is 0 Å². The van der Waals surface area contributed by atoms with Crippen LogP contribution in [0.1, 0.15) is 36.2 Å². The van der Waals surface area contributed by atoms with Crippen LogP contribution in [-0.4, -0.2) is 59.8 Å². The third kappa shape index (κ3) is 7.19. The van der Waals surface area contributed by atoms with E-state index in [1.54, 1.807) is 7.05 Å². The molecule has 32 heavy (non-hydrogen) atoms. The number of guanidine groups is 1. The lowest BCUT2D eigenvalue weighted by Gasteiger charge is -2.31. The maximum Gasteiger partial charge on any atom is 0.221 e. The molecule has 2 heterocycles. The Hall–Kier alpha value is -2.14. The summed E-state index contributed by atoms with van der Waals surface area (Å²) < 4.78 is 1.99. The van der Waals surface area contributed by atoms with E-state index in [4.69, 9.17) is 5.73 Å². The monoisotopic (exact) mass is 553 g/mol. The second-order valence-electron chi connectivity index (χ2n) is 8.22. The van der Waals surface area contributed by atoms with Crippen LogP contribution in [0.3, 0.4) is 0 Å². The third-order valence-corrected chi connectivity index (χ3v) is 5.75. The number of carbonyl (C=O) groups excluding carboxylic acids is 1. The summed E-state index contributed by atoms with van der Waals surface area (Å²) in [6.45, 7) is 8.32. The Bertz CT molecular complexity index is 911. The maximum absolute atomic E-state index is 11.4. The number of primary amides is 1. The molecule has 176 valence electrons. The van der Waals surface area contributed by atoms with E-state index < -0.39 is 0 Å². The topological polar surface area (TPSA) is 101 Å². The number of para-hydroxylation sites is 1. The molecule has 1 aromatic heterocycles. The summed E-state index contributed by atoms with van der Waals surface area (Å²) >= 11 is 0. The number of rotatable bonds is 8. The first-order valence-corrected chi connectivity index (χ1v) is 11.1. The van der Waals surface area contributed by atoms with Crippen LogP contribution in [0.5, 0.6) is 0 Å². The average Bonchev–Trinajstić information content (AvgIpc) is 3.11. The maximum atomic E-state index is 11.4. The number of likely N-dealkylation sites (tertiary alicyclic amines) is 1. The molecule has 8 nitrogen and oxygen atoms in total. The summed E-state index contributed by atoms with van der Waals surface area (Å²) in [6, 6.07) is 10.4. The third-order valence-electron chi connectivity index (χ3n) is 5.75. The molecule has 9 heteroatoms. The molecule has 0 spiro atoms. The highest BCUT2D eigenvalue weighted by atomic mass is 127. The van der Waals surface area contributed by atoms with Gasteiger partial charge in [0.1, 0.15) is 0 Å². The highest BCUT2D eigenvalue weighted by molar-refractivity contribution is 14.0. The van der Waals surface area contributed by atoms with E-state index in [-0.39, 0.29) is 35.8 Å². The molecule has 1 saturated heterocycles. The molecule has 0 saturated carbocycles. The molecule has 1 fully saturated rings. The molecule has 2 aromatic rings. The van der Waals surface area contributed by atoms with Gasteiger partial charge in [-0.05, 0) is 63.9 Å². The predicted octanol–water partition coefficient (Wildman–Crippen LogP) is 2.36. The first-order chi connectivity index (χ1) is 15.0. The molecule has 1 aliphatic rings. The van der Waals surface area contributed by atoms with Crippen LogP contribution in [-0.2, 0) is 11.3 Å². The Morgan fingerprint density at radius 3 is 2.75 bits per heavy atom. The van der Waals surface area contributed by atoms with Gasteiger partial charge < -0.3 is 21.3 Å². The fourth-order valence-electron chi connectivity index (χ4n) is 4.14. The number of nitrogens with zero attached hydrogens (tertiary/aromatic N) is 4. The van der Waals surface area contributed by atoms with E-state index in [0.717, 1.165) is 74.0 Å². The SMILES string of the molecule is CN=C(NCCCN1CCCC(C(N)=O)C1)NCc1ccccc1-n1nc(C)cc1C.I. The highest BCUT2D eigenvalue weighted by Crippen LogP contribution is 2.17. The van der Waals surface area contributed by atoms with Crippen molar-refractivity contribution in [1.82, 2.24) is 25.3 Å². The predicted molar refractivity (Wildman–Crippen MR) is 140 cm³/mol. The number of aromatic nitrogens is 2. The van der Waals surface area contributed by atoms with Crippen molar-refractivity contribution in [3.05, 3.63) is 47.3 Å². The molecule has 0 radical (unpaired) electrons. The number of hydrogen-bond donors (Lipinski definition) is 3. The first kappa shape index (κ1) is 26.1. The molecular weight excluding hydrogens is 517 g/mol. The van der Waals surface area contributed by atoms with Gasteiger partial charge in [0, 0.05) is 32.4 Å². The van der Waals surface area contributed by atoms with E-state index in [2.05, 4.69) is 50.7 Å². The quantitative estimate of drug-likeness (QED) is 0.202.